The van der Waals surface area contributed by atoms with Gasteiger partial charge in [0.15, 0.2) is 5.69 Å². The van der Waals surface area contributed by atoms with Crippen LogP contribution in [-0.4, -0.2) is 41.4 Å². The molecule has 7 nitrogen and oxygen atoms in total. The normalized spacial score (nSPS) is 11.2. The fraction of sp³-hybridized carbons (Fsp3) is 0.333. The zero-order valence-corrected chi connectivity index (χ0v) is 15.3. The van der Waals surface area contributed by atoms with Gasteiger partial charge in [-0.2, -0.15) is 0 Å². The van der Waals surface area contributed by atoms with E-state index in [1.807, 2.05) is 25.5 Å². The molecule has 0 saturated heterocycles. The van der Waals surface area contributed by atoms with Crippen molar-refractivity contribution in [1.82, 2.24) is 29.4 Å². The molecule has 142 valence electrons. The van der Waals surface area contributed by atoms with Crippen LogP contribution in [0, 0.1) is 11.6 Å². The second-order valence-electron chi connectivity index (χ2n) is 6.48. The second-order valence-corrected chi connectivity index (χ2v) is 6.48. The van der Waals surface area contributed by atoms with Gasteiger partial charge in [0, 0.05) is 31.0 Å². The quantitative estimate of drug-likeness (QED) is 0.664. The molecule has 0 aliphatic rings. The number of aryl methyl sites for hydroxylation is 1. The minimum atomic E-state index is -0.669. The Morgan fingerprint density at radius 1 is 1.26 bits per heavy atom. The fourth-order valence-corrected chi connectivity index (χ4v) is 2.66. The summed E-state index contributed by atoms with van der Waals surface area (Å²) in [5.74, 6) is -0.931. The van der Waals surface area contributed by atoms with Gasteiger partial charge in [-0.05, 0) is 26.0 Å². The van der Waals surface area contributed by atoms with Crippen molar-refractivity contribution >= 4 is 5.91 Å². The summed E-state index contributed by atoms with van der Waals surface area (Å²) in [6.07, 6.45) is 4.86. The van der Waals surface area contributed by atoms with Crippen LogP contribution in [0.1, 0.15) is 35.7 Å². The van der Waals surface area contributed by atoms with Crippen LogP contribution < -0.4 is 0 Å². The molecule has 0 fully saturated rings. The molecule has 1 aromatic carbocycles. The number of halogens is 2. The maximum atomic E-state index is 13.8. The van der Waals surface area contributed by atoms with Gasteiger partial charge in [0.05, 0.1) is 19.3 Å². The lowest BCUT2D eigenvalue weighted by molar-refractivity contribution is 0.0677. The summed E-state index contributed by atoms with van der Waals surface area (Å²) in [5, 5.41) is 7.71. The summed E-state index contributed by atoms with van der Waals surface area (Å²) in [4.78, 5) is 18.7. The van der Waals surface area contributed by atoms with Crippen molar-refractivity contribution in [2.75, 3.05) is 0 Å². The fourth-order valence-electron chi connectivity index (χ4n) is 2.66. The van der Waals surface area contributed by atoms with E-state index in [-0.39, 0.29) is 29.8 Å². The van der Waals surface area contributed by atoms with E-state index >= 15 is 0 Å². The molecule has 0 radical (unpaired) electrons. The van der Waals surface area contributed by atoms with Gasteiger partial charge in [-0.25, -0.2) is 18.4 Å². The summed E-state index contributed by atoms with van der Waals surface area (Å²) in [7, 11) is 1.85. The molecule has 2 aromatic heterocycles. The van der Waals surface area contributed by atoms with Crippen molar-refractivity contribution in [1.29, 1.82) is 0 Å². The Labute approximate surface area is 155 Å². The van der Waals surface area contributed by atoms with Crippen molar-refractivity contribution in [3.8, 4) is 0 Å². The van der Waals surface area contributed by atoms with Gasteiger partial charge in [-0.15, -0.1) is 5.10 Å². The molecule has 0 bridgehead atoms. The van der Waals surface area contributed by atoms with Crippen molar-refractivity contribution < 1.29 is 13.6 Å². The van der Waals surface area contributed by atoms with Gasteiger partial charge in [-0.3, -0.25) is 4.79 Å². The van der Waals surface area contributed by atoms with Crippen LogP contribution in [-0.2, 0) is 20.1 Å². The first kappa shape index (κ1) is 18.7. The molecule has 27 heavy (non-hydrogen) atoms. The number of carbonyl (C=O) groups excluding carboxylic acids is 1. The van der Waals surface area contributed by atoms with E-state index in [1.165, 1.54) is 29.1 Å². The van der Waals surface area contributed by atoms with E-state index < -0.39 is 11.6 Å². The van der Waals surface area contributed by atoms with Crippen LogP contribution in [0.25, 0.3) is 0 Å². The van der Waals surface area contributed by atoms with E-state index in [1.54, 1.807) is 17.3 Å². The van der Waals surface area contributed by atoms with E-state index in [4.69, 9.17) is 0 Å². The van der Waals surface area contributed by atoms with Crippen LogP contribution in [0.5, 0.6) is 0 Å². The lowest BCUT2D eigenvalue weighted by Gasteiger charge is -2.25. The summed E-state index contributed by atoms with van der Waals surface area (Å²) >= 11 is 0. The lowest BCUT2D eigenvalue weighted by Crippen LogP contribution is -2.37. The SMILES string of the molecule is CC(C)N(Cc1nccn1C)C(=O)c1cn(Cc2c(F)cccc2F)nn1. The van der Waals surface area contributed by atoms with Gasteiger partial charge in [0.1, 0.15) is 17.5 Å². The predicted molar refractivity (Wildman–Crippen MR) is 93.7 cm³/mol. The number of carbonyl (C=O) groups is 1. The summed E-state index contributed by atoms with van der Waals surface area (Å²) in [5.41, 5.74) is -0.0234. The zero-order chi connectivity index (χ0) is 19.6. The molecule has 0 N–H and O–H groups in total. The minimum Gasteiger partial charge on any atom is -0.337 e. The number of rotatable bonds is 6. The Kier molecular flexibility index (Phi) is 5.29. The van der Waals surface area contributed by atoms with Crippen molar-refractivity contribution in [2.45, 2.75) is 33.0 Å². The van der Waals surface area contributed by atoms with Crippen LogP contribution in [0.4, 0.5) is 8.78 Å². The molecule has 0 unspecified atom stereocenters. The van der Waals surface area contributed by atoms with Crippen molar-refractivity contribution in [3.63, 3.8) is 0 Å². The minimum absolute atomic E-state index is 0.0941. The largest absolute Gasteiger partial charge is 0.337 e. The van der Waals surface area contributed by atoms with E-state index in [0.29, 0.717) is 6.54 Å². The first-order chi connectivity index (χ1) is 12.9. The van der Waals surface area contributed by atoms with Crippen LogP contribution in [0.3, 0.4) is 0 Å². The number of amides is 1. The predicted octanol–water partition coefficient (Wildman–Crippen LogP) is 2.39. The third-order valence-corrected chi connectivity index (χ3v) is 4.26. The molecule has 0 aliphatic carbocycles. The lowest BCUT2D eigenvalue weighted by atomic mass is 10.2. The summed E-state index contributed by atoms with van der Waals surface area (Å²) < 4.78 is 30.7. The molecular formula is C18H20F2N6O. The third-order valence-electron chi connectivity index (χ3n) is 4.26. The molecule has 0 aliphatic heterocycles. The van der Waals surface area contributed by atoms with Gasteiger partial charge < -0.3 is 9.47 Å². The monoisotopic (exact) mass is 374 g/mol. The van der Waals surface area contributed by atoms with Gasteiger partial charge in [-0.1, -0.05) is 11.3 Å². The van der Waals surface area contributed by atoms with E-state index in [0.717, 1.165) is 5.82 Å². The van der Waals surface area contributed by atoms with Gasteiger partial charge in [0.25, 0.3) is 5.91 Å². The van der Waals surface area contributed by atoms with E-state index in [9.17, 15) is 13.6 Å². The number of hydrogen-bond acceptors (Lipinski definition) is 4. The number of benzene rings is 1. The molecule has 9 heteroatoms. The Morgan fingerprint density at radius 3 is 2.56 bits per heavy atom. The topological polar surface area (TPSA) is 68.8 Å². The Hall–Kier alpha value is -3.10. The molecule has 0 atom stereocenters. The average molecular weight is 374 g/mol. The number of aromatic nitrogens is 5. The molecule has 1 amide bonds. The maximum Gasteiger partial charge on any atom is 0.276 e. The molecule has 3 rings (SSSR count). The first-order valence-corrected chi connectivity index (χ1v) is 8.47. The number of hydrogen-bond donors (Lipinski definition) is 0. The highest BCUT2D eigenvalue weighted by molar-refractivity contribution is 5.92. The number of imidazole rings is 1. The molecular weight excluding hydrogens is 354 g/mol. The van der Waals surface area contributed by atoms with Crippen molar-refractivity contribution in [3.05, 3.63) is 65.5 Å². The highest BCUT2D eigenvalue weighted by atomic mass is 19.1. The second kappa shape index (κ2) is 7.65. The molecule has 2 heterocycles. The highest BCUT2D eigenvalue weighted by Crippen LogP contribution is 2.15. The van der Waals surface area contributed by atoms with Crippen LogP contribution >= 0.6 is 0 Å². The van der Waals surface area contributed by atoms with Crippen LogP contribution in [0.2, 0.25) is 0 Å². The standard InChI is InChI=1S/C18H20F2N6O/c1-12(2)26(11-17-21-7-8-24(17)3)18(27)16-10-25(23-22-16)9-13-14(19)5-4-6-15(13)20/h4-8,10,12H,9,11H2,1-3H3. The summed E-state index contributed by atoms with van der Waals surface area (Å²) in [6, 6.07) is 3.55. The molecule has 0 spiro atoms. The molecule has 3 aromatic rings. The van der Waals surface area contributed by atoms with E-state index in [2.05, 4.69) is 15.3 Å². The zero-order valence-electron chi connectivity index (χ0n) is 15.3. The Balaban J connectivity index is 1.79. The summed E-state index contributed by atoms with van der Waals surface area (Å²) in [6.45, 7) is 3.94. The smallest absolute Gasteiger partial charge is 0.276 e. The van der Waals surface area contributed by atoms with Gasteiger partial charge >= 0.3 is 0 Å². The van der Waals surface area contributed by atoms with Crippen molar-refractivity contribution in [2.24, 2.45) is 7.05 Å². The maximum absolute atomic E-state index is 13.8. The Bertz CT molecular complexity index is 929. The highest BCUT2D eigenvalue weighted by Gasteiger charge is 2.23. The number of nitrogens with zero attached hydrogens (tertiary/aromatic N) is 6. The van der Waals surface area contributed by atoms with Crippen LogP contribution in [0.15, 0.2) is 36.8 Å². The Morgan fingerprint density at radius 2 is 1.96 bits per heavy atom. The first-order valence-electron chi connectivity index (χ1n) is 8.47. The average Bonchev–Trinajstić information content (AvgIpc) is 3.24. The van der Waals surface area contributed by atoms with Gasteiger partial charge in [0.2, 0.25) is 0 Å². The third kappa shape index (κ3) is 4.02. The molecule has 0 saturated carbocycles.